The van der Waals surface area contributed by atoms with E-state index in [1.54, 1.807) is 0 Å². The molecular weight excluding hydrogens is 252 g/mol. The maximum atomic E-state index is 5.67. The minimum Gasteiger partial charge on any atom is -0.389 e. The average Bonchev–Trinajstić information content (AvgIpc) is 2.87. The molecule has 1 saturated carbocycles. The van der Waals surface area contributed by atoms with Crippen molar-refractivity contribution in [2.45, 2.75) is 45.4 Å². The second-order valence-electron chi connectivity index (χ2n) is 5.61. The van der Waals surface area contributed by atoms with Gasteiger partial charge < -0.3 is 11.1 Å². The number of benzene rings is 1. The van der Waals surface area contributed by atoms with Gasteiger partial charge in [-0.2, -0.15) is 0 Å². The highest BCUT2D eigenvalue weighted by Gasteiger charge is 2.13. The standard InChI is InChI=1S/C16H24N2S/c1-12-11-14(8-9-15(12)16(17)19)18-10-4-7-13-5-2-3-6-13/h8-9,11,13,18H,2-7,10H2,1H3,(H2,17,19). The molecule has 0 spiro atoms. The molecule has 19 heavy (non-hydrogen) atoms. The van der Waals surface area contributed by atoms with Gasteiger partial charge in [-0.05, 0) is 49.4 Å². The highest BCUT2D eigenvalue weighted by Crippen LogP contribution is 2.28. The Balaban J connectivity index is 1.76. The number of hydrogen-bond acceptors (Lipinski definition) is 2. The zero-order valence-electron chi connectivity index (χ0n) is 11.7. The fourth-order valence-electron chi connectivity index (χ4n) is 2.97. The number of nitrogens with one attached hydrogen (secondary N) is 1. The molecule has 104 valence electrons. The summed E-state index contributed by atoms with van der Waals surface area (Å²) in [5.41, 5.74) is 8.96. The van der Waals surface area contributed by atoms with Crippen molar-refractivity contribution in [1.29, 1.82) is 0 Å². The van der Waals surface area contributed by atoms with Crippen LogP contribution in [0.4, 0.5) is 5.69 Å². The molecule has 0 saturated heterocycles. The van der Waals surface area contributed by atoms with Crippen LogP contribution >= 0.6 is 12.2 Å². The monoisotopic (exact) mass is 276 g/mol. The van der Waals surface area contributed by atoms with Crippen LogP contribution in [0, 0.1) is 12.8 Å². The number of nitrogens with two attached hydrogens (primary N) is 1. The van der Waals surface area contributed by atoms with E-state index < -0.39 is 0 Å². The van der Waals surface area contributed by atoms with Crippen LogP contribution in [0.25, 0.3) is 0 Å². The van der Waals surface area contributed by atoms with E-state index in [1.807, 2.05) is 6.07 Å². The van der Waals surface area contributed by atoms with E-state index in [0.29, 0.717) is 4.99 Å². The van der Waals surface area contributed by atoms with Gasteiger partial charge in [-0.15, -0.1) is 0 Å². The van der Waals surface area contributed by atoms with Crippen LogP contribution in [0.1, 0.15) is 49.7 Å². The molecule has 1 aliphatic rings. The quantitative estimate of drug-likeness (QED) is 0.609. The van der Waals surface area contributed by atoms with Crippen molar-refractivity contribution in [2.24, 2.45) is 11.7 Å². The van der Waals surface area contributed by atoms with Crippen molar-refractivity contribution in [3.05, 3.63) is 29.3 Å². The first kappa shape index (κ1) is 14.3. The summed E-state index contributed by atoms with van der Waals surface area (Å²) in [7, 11) is 0. The minimum absolute atomic E-state index is 0.477. The van der Waals surface area contributed by atoms with Crippen LogP contribution in [0.15, 0.2) is 18.2 Å². The van der Waals surface area contributed by atoms with Crippen LogP contribution in [0.2, 0.25) is 0 Å². The fourth-order valence-corrected chi connectivity index (χ4v) is 3.20. The summed E-state index contributed by atoms with van der Waals surface area (Å²) >= 11 is 5.02. The summed E-state index contributed by atoms with van der Waals surface area (Å²) in [5.74, 6) is 0.987. The van der Waals surface area contributed by atoms with Crippen molar-refractivity contribution in [3.63, 3.8) is 0 Å². The predicted molar refractivity (Wildman–Crippen MR) is 86.7 cm³/mol. The van der Waals surface area contributed by atoms with Crippen molar-refractivity contribution < 1.29 is 0 Å². The lowest BCUT2D eigenvalue weighted by Gasteiger charge is -2.11. The van der Waals surface area contributed by atoms with Gasteiger partial charge in [0, 0.05) is 17.8 Å². The Morgan fingerprint density at radius 2 is 2.11 bits per heavy atom. The van der Waals surface area contributed by atoms with Crippen molar-refractivity contribution in [3.8, 4) is 0 Å². The lowest BCUT2D eigenvalue weighted by atomic mass is 10.0. The lowest BCUT2D eigenvalue weighted by Crippen LogP contribution is -2.11. The van der Waals surface area contributed by atoms with Crippen molar-refractivity contribution in [1.82, 2.24) is 0 Å². The fraction of sp³-hybridized carbons (Fsp3) is 0.562. The third-order valence-corrected chi connectivity index (χ3v) is 4.30. The predicted octanol–water partition coefficient (Wildman–Crippen LogP) is 4.01. The summed E-state index contributed by atoms with van der Waals surface area (Å²) in [6.07, 6.45) is 8.41. The van der Waals surface area contributed by atoms with Crippen molar-refractivity contribution >= 4 is 22.9 Å². The summed E-state index contributed by atoms with van der Waals surface area (Å²) < 4.78 is 0. The maximum Gasteiger partial charge on any atom is 0.104 e. The molecule has 2 nitrogen and oxygen atoms in total. The Morgan fingerprint density at radius 1 is 1.37 bits per heavy atom. The Kier molecular flexibility index (Phi) is 5.20. The molecular formula is C16H24N2S. The number of hydrogen-bond donors (Lipinski definition) is 2. The minimum atomic E-state index is 0.477. The van der Waals surface area contributed by atoms with Crippen LogP contribution in [-0.4, -0.2) is 11.5 Å². The molecule has 1 aliphatic carbocycles. The summed E-state index contributed by atoms with van der Waals surface area (Å²) in [6.45, 7) is 3.11. The van der Waals surface area contributed by atoms with E-state index in [2.05, 4.69) is 24.4 Å². The molecule has 0 aromatic heterocycles. The zero-order valence-corrected chi connectivity index (χ0v) is 12.6. The third-order valence-electron chi connectivity index (χ3n) is 4.08. The van der Waals surface area contributed by atoms with Gasteiger partial charge in [0.2, 0.25) is 0 Å². The molecule has 2 rings (SSSR count). The first-order valence-electron chi connectivity index (χ1n) is 7.31. The van der Waals surface area contributed by atoms with Gasteiger partial charge in [-0.1, -0.05) is 37.9 Å². The van der Waals surface area contributed by atoms with E-state index in [-0.39, 0.29) is 0 Å². The molecule has 0 radical (unpaired) electrons. The average molecular weight is 276 g/mol. The number of aryl methyl sites for hydroxylation is 1. The topological polar surface area (TPSA) is 38.0 Å². The Bertz CT molecular complexity index is 436. The SMILES string of the molecule is Cc1cc(NCCCC2CCCC2)ccc1C(N)=S. The van der Waals surface area contributed by atoms with Crippen LogP contribution < -0.4 is 11.1 Å². The lowest BCUT2D eigenvalue weighted by molar-refractivity contribution is 0.491. The smallest absolute Gasteiger partial charge is 0.104 e. The molecule has 0 heterocycles. The molecule has 0 unspecified atom stereocenters. The normalized spacial score (nSPS) is 15.6. The molecule has 0 amide bonds. The molecule has 1 aromatic carbocycles. The molecule has 0 bridgehead atoms. The largest absolute Gasteiger partial charge is 0.389 e. The number of rotatable bonds is 6. The van der Waals surface area contributed by atoms with Gasteiger partial charge >= 0.3 is 0 Å². The Labute approximate surface area is 121 Å². The van der Waals surface area contributed by atoms with Gasteiger partial charge in [0.15, 0.2) is 0 Å². The molecule has 0 aliphatic heterocycles. The summed E-state index contributed by atoms with van der Waals surface area (Å²) in [4.78, 5) is 0.477. The first-order valence-corrected chi connectivity index (χ1v) is 7.72. The summed E-state index contributed by atoms with van der Waals surface area (Å²) in [5, 5.41) is 3.49. The van der Waals surface area contributed by atoms with E-state index in [9.17, 15) is 0 Å². The molecule has 3 N–H and O–H groups in total. The number of thiocarbonyl (C=S) groups is 1. The molecule has 1 aromatic rings. The van der Waals surface area contributed by atoms with Crippen LogP contribution in [0.5, 0.6) is 0 Å². The second kappa shape index (κ2) is 6.90. The molecule has 3 heteroatoms. The third kappa shape index (κ3) is 4.20. The summed E-state index contributed by atoms with van der Waals surface area (Å²) in [6, 6.07) is 6.21. The van der Waals surface area contributed by atoms with E-state index in [0.717, 1.165) is 23.6 Å². The van der Waals surface area contributed by atoms with Gasteiger partial charge in [0.1, 0.15) is 4.99 Å². The Morgan fingerprint density at radius 3 is 2.74 bits per heavy atom. The highest BCUT2D eigenvalue weighted by molar-refractivity contribution is 7.80. The van der Waals surface area contributed by atoms with Gasteiger partial charge in [-0.25, -0.2) is 0 Å². The van der Waals surface area contributed by atoms with Crippen LogP contribution in [-0.2, 0) is 0 Å². The van der Waals surface area contributed by atoms with E-state index in [4.69, 9.17) is 18.0 Å². The van der Waals surface area contributed by atoms with Crippen molar-refractivity contribution in [2.75, 3.05) is 11.9 Å². The molecule has 0 atom stereocenters. The van der Waals surface area contributed by atoms with Gasteiger partial charge in [0.05, 0.1) is 0 Å². The zero-order chi connectivity index (χ0) is 13.7. The number of anilines is 1. The second-order valence-corrected chi connectivity index (χ2v) is 6.05. The van der Waals surface area contributed by atoms with E-state index in [1.165, 1.54) is 44.2 Å². The Hall–Kier alpha value is -1.09. The van der Waals surface area contributed by atoms with Gasteiger partial charge in [-0.3, -0.25) is 0 Å². The first-order chi connectivity index (χ1) is 9.16. The van der Waals surface area contributed by atoms with Gasteiger partial charge in [0.25, 0.3) is 0 Å². The highest BCUT2D eigenvalue weighted by atomic mass is 32.1. The molecule has 1 fully saturated rings. The maximum absolute atomic E-state index is 5.67. The van der Waals surface area contributed by atoms with E-state index >= 15 is 0 Å². The van der Waals surface area contributed by atoms with Crippen LogP contribution in [0.3, 0.4) is 0 Å².